The maximum Gasteiger partial charge on any atom is 0.136 e. The molecule has 0 atom stereocenters. The first-order chi connectivity index (χ1) is 11.4. The standard InChI is InChI=1S/C18H28N4O/c1-2-4-15(5-3-1)12-21-7-6-17-16(13-21)18(20-14-19-17)22-8-10-23-11-9-22/h14-15H,1-13H2. The number of aromatic nitrogens is 2. The average Bonchev–Trinajstić information content (AvgIpc) is 2.63. The number of ether oxygens (including phenoxy) is 1. The molecule has 0 unspecified atom stereocenters. The highest BCUT2D eigenvalue weighted by atomic mass is 16.5. The molecular weight excluding hydrogens is 288 g/mol. The van der Waals surface area contributed by atoms with Crippen molar-refractivity contribution in [2.24, 2.45) is 5.92 Å². The number of anilines is 1. The minimum absolute atomic E-state index is 0.810. The molecule has 2 aliphatic heterocycles. The molecule has 0 spiro atoms. The summed E-state index contributed by atoms with van der Waals surface area (Å²) in [4.78, 5) is 14.2. The van der Waals surface area contributed by atoms with Crippen LogP contribution in [0.2, 0.25) is 0 Å². The molecule has 0 radical (unpaired) electrons. The van der Waals surface area contributed by atoms with E-state index in [0.717, 1.165) is 57.5 Å². The van der Waals surface area contributed by atoms with Gasteiger partial charge in [0, 0.05) is 44.7 Å². The highest BCUT2D eigenvalue weighted by Gasteiger charge is 2.26. The molecule has 126 valence electrons. The third kappa shape index (κ3) is 3.50. The molecule has 1 aliphatic carbocycles. The van der Waals surface area contributed by atoms with Crippen molar-refractivity contribution in [3.8, 4) is 0 Å². The van der Waals surface area contributed by atoms with E-state index < -0.39 is 0 Å². The van der Waals surface area contributed by atoms with Crippen molar-refractivity contribution in [2.75, 3.05) is 44.3 Å². The van der Waals surface area contributed by atoms with Gasteiger partial charge in [-0.3, -0.25) is 4.90 Å². The average molecular weight is 316 g/mol. The Balaban J connectivity index is 1.48. The van der Waals surface area contributed by atoms with Crippen molar-refractivity contribution < 1.29 is 4.74 Å². The number of fused-ring (bicyclic) bond motifs is 1. The third-order valence-electron chi connectivity index (χ3n) is 5.61. The Morgan fingerprint density at radius 3 is 2.70 bits per heavy atom. The second-order valence-corrected chi connectivity index (χ2v) is 7.21. The van der Waals surface area contributed by atoms with Crippen LogP contribution in [-0.2, 0) is 17.7 Å². The van der Waals surface area contributed by atoms with Crippen molar-refractivity contribution in [1.82, 2.24) is 14.9 Å². The van der Waals surface area contributed by atoms with E-state index in [1.807, 2.05) is 0 Å². The quantitative estimate of drug-likeness (QED) is 0.855. The van der Waals surface area contributed by atoms with Crippen molar-refractivity contribution in [1.29, 1.82) is 0 Å². The minimum Gasteiger partial charge on any atom is -0.378 e. The zero-order valence-electron chi connectivity index (χ0n) is 14.0. The van der Waals surface area contributed by atoms with Crippen LogP contribution in [0.15, 0.2) is 6.33 Å². The predicted octanol–water partition coefficient (Wildman–Crippen LogP) is 2.25. The second kappa shape index (κ2) is 7.14. The van der Waals surface area contributed by atoms with Crippen molar-refractivity contribution >= 4 is 5.82 Å². The molecule has 23 heavy (non-hydrogen) atoms. The maximum atomic E-state index is 5.49. The van der Waals surface area contributed by atoms with Crippen LogP contribution in [0.25, 0.3) is 0 Å². The van der Waals surface area contributed by atoms with Gasteiger partial charge in [0.1, 0.15) is 12.1 Å². The van der Waals surface area contributed by atoms with Crippen LogP contribution in [0.4, 0.5) is 5.82 Å². The Bertz CT molecular complexity index is 524. The first-order valence-electron chi connectivity index (χ1n) is 9.28. The van der Waals surface area contributed by atoms with Gasteiger partial charge in [-0.05, 0) is 18.8 Å². The summed E-state index contributed by atoms with van der Waals surface area (Å²) in [5, 5.41) is 0. The van der Waals surface area contributed by atoms with Gasteiger partial charge < -0.3 is 9.64 Å². The maximum absolute atomic E-state index is 5.49. The van der Waals surface area contributed by atoms with E-state index in [1.165, 1.54) is 49.9 Å². The lowest BCUT2D eigenvalue weighted by molar-refractivity contribution is 0.122. The molecule has 1 aromatic rings. The molecule has 1 saturated carbocycles. The lowest BCUT2D eigenvalue weighted by atomic mass is 9.88. The van der Waals surface area contributed by atoms with Crippen LogP contribution in [0.1, 0.15) is 43.4 Å². The topological polar surface area (TPSA) is 41.5 Å². The summed E-state index contributed by atoms with van der Waals surface area (Å²) in [5.74, 6) is 2.06. The van der Waals surface area contributed by atoms with Gasteiger partial charge in [0.05, 0.1) is 18.9 Å². The van der Waals surface area contributed by atoms with E-state index in [9.17, 15) is 0 Å². The van der Waals surface area contributed by atoms with Crippen LogP contribution in [-0.4, -0.2) is 54.3 Å². The molecule has 3 aliphatic rings. The van der Waals surface area contributed by atoms with E-state index in [1.54, 1.807) is 6.33 Å². The number of rotatable bonds is 3. The lowest BCUT2D eigenvalue weighted by Gasteiger charge is -2.36. The Hall–Kier alpha value is -1.20. The fourth-order valence-corrected chi connectivity index (χ4v) is 4.32. The van der Waals surface area contributed by atoms with E-state index in [2.05, 4.69) is 19.8 Å². The monoisotopic (exact) mass is 316 g/mol. The van der Waals surface area contributed by atoms with Gasteiger partial charge in [-0.25, -0.2) is 9.97 Å². The van der Waals surface area contributed by atoms with Gasteiger partial charge in [-0.15, -0.1) is 0 Å². The fourth-order valence-electron chi connectivity index (χ4n) is 4.32. The molecule has 1 aromatic heterocycles. The summed E-state index contributed by atoms with van der Waals surface area (Å²) >= 11 is 0. The number of morpholine rings is 1. The van der Waals surface area contributed by atoms with E-state index >= 15 is 0 Å². The number of hydrogen-bond acceptors (Lipinski definition) is 5. The number of hydrogen-bond donors (Lipinski definition) is 0. The zero-order valence-corrected chi connectivity index (χ0v) is 14.0. The van der Waals surface area contributed by atoms with Crippen molar-refractivity contribution in [3.05, 3.63) is 17.6 Å². The predicted molar refractivity (Wildman–Crippen MR) is 90.6 cm³/mol. The molecule has 5 nitrogen and oxygen atoms in total. The molecule has 3 heterocycles. The summed E-state index contributed by atoms with van der Waals surface area (Å²) in [7, 11) is 0. The molecule has 0 N–H and O–H groups in total. The largest absolute Gasteiger partial charge is 0.378 e. The number of nitrogens with zero attached hydrogens (tertiary/aromatic N) is 4. The molecule has 2 fully saturated rings. The van der Waals surface area contributed by atoms with Gasteiger partial charge in [-0.2, -0.15) is 0 Å². The van der Waals surface area contributed by atoms with Crippen LogP contribution < -0.4 is 4.90 Å². The van der Waals surface area contributed by atoms with E-state index in [-0.39, 0.29) is 0 Å². The Labute approximate surface area is 139 Å². The van der Waals surface area contributed by atoms with Crippen LogP contribution >= 0.6 is 0 Å². The van der Waals surface area contributed by atoms with Gasteiger partial charge in [0.15, 0.2) is 0 Å². The SMILES string of the molecule is c1nc2c(c(N3CCOCC3)n1)CN(CC1CCCCC1)CC2. The highest BCUT2D eigenvalue weighted by Crippen LogP contribution is 2.29. The summed E-state index contributed by atoms with van der Waals surface area (Å²) in [6, 6.07) is 0. The first kappa shape index (κ1) is 15.3. The molecule has 4 rings (SSSR count). The third-order valence-corrected chi connectivity index (χ3v) is 5.61. The molecule has 0 bridgehead atoms. The Morgan fingerprint density at radius 1 is 1.04 bits per heavy atom. The smallest absolute Gasteiger partial charge is 0.136 e. The Morgan fingerprint density at radius 2 is 1.87 bits per heavy atom. The molecule has 1 saturated heterocycles. The van der Waals surface area contributed by atoms with Crippen LogP contribution in [0.5, 0.6) is 0 Å². The molecule has 0 amide bonds. The van der Waals surface area contributed by atoms with Crippen molar-refractivity contribution in [2.45, 2.75) is 45.1 Å². The summed E-state index contributed by atoms with van der Waals surface area (Å²) in [5.41, 5.74) is 2.64. The van der Waals surface area contributed by atoms with E-state index in [4.69, 9.17) is 4.74 Å². The second-order valence-electron chi connectivity index (χ2n) is 7.21. The fraction of sp³-hybridized carbons (Fsp3) is 0.778. The van der Waals surface area contributed by atoms with Crippen LogP contribution in [0, 0.1) is 5.92 Å². The van der Waals surface area contributed by atoms with Crippen molar-refractivity contribution in [3.63, 3.8) is 0 Å². The van der Waals surface area contributed by atoms with E-state index in [0.29, 0.717) is 0 Å². The van der Waals surface area contributed by atoms with Gasteiger partial charge in [-0.1, -0.05) is 19.3 Å². The molecule has 0 aromatic carbocycles. The lowest BCUT2D eigenvalue weighted by Crippen LogP contribution is -2.40. The summed E-state index contributed by atoms with van der Waals surface area (Å²) < 4.78 is 5.49. The minimum atomic E-state index is 0.810. The normalized spacial score (nSPS) is 23.7. The molecular formula is C18H28N4O. The summed E-state index contributed by atoms with van der Waals surface area (Å²) in [6.45, 7) is 6.96. The highest BCUT2D eigenvalue weighted by molar-refractivity contribution is 5.49. The molecule has 5 heteroatoms. The van der Waals surface area contributed by atoms with Gasteiger partial charge in [0.25, 0.3) is 0 Å². The van der Waals surface area contributed by atoms with Gasteiger partial charge >= 0.3 is 0 Å². The Kier molecular flexibility index (Phi) is 4.76. The van der Waals surface area contributed by atoms with Crippen LogP contribution in [0.3, 0.4) is 0 Å². The van der Waals surface area contributed by atoms with Gasteiger partial charge in [0.2, 0.25) is 0 Å². The summed E-state index contributed by atoms with van der Waals surface area (Å²) in [6.07, 6.45) is 9.96. The first-order valence-corrected chi connectivity index (χ1v) is 9.28. The zero-order chi connectivity index (χ0) is 15.5.